The molecule has 1 heterocycles. The van der Waals surface area contributed by atoms with Crippen molar-refractivity contribution in [2.75, 3.05) is 39.9 Å². The predicted octanol–water partition coefficient (Wildman–Crippen LogP) is 2.90. The second kappa shape index (κ2) is 9.01. The Hall–Kier alpha value is -0.120. The summed E-state index contributed by atoms with van der Waals surface area (Å²) in [5.74, 6) is 1.64. The summed E-state index contributed by atoms with van der Waals surface area (Å²) in [7, 11) is 1.83. The number of ether oxygens (including phenoxy) is 1. The molecule has 2 rings (SSSR count). The molecule has 2 fully saturated rings. The van der Waals surface area contributed by atoms with Gasteiger partial charge in [-0.2, -0.15) is 0 Å². The molecule has 0 amide bonds. The molecule has 1 saturated carbocycles. The molecular weight excluding hydrogens is 248 g/mol. The molecule has 1 aliphatic carbocycles. The highest BCUT2D eigenvalue weighted by atomic mass is 16.5. The maximum absolute atomic E-state index is 5.32. The third kappa shape index (κ3) is 5.01. The maximum atomic E-state index is 5.32. The van der Waals surface area contributed by atoms with Gasteiger partial charge in [0.15, 0.2) is 0 Å². The Morgan fingerprint density at radius 2 is 2.00 bits per heavy atom. The van der Waals surface area contributed by atoms with E-state index in [2.05, 4.69) is 17.1 Å². The van der Waals surface area contributed by atoms with Gasteiger partial charge in [0.25, 0.3) is 0 Å². The Labute approximate surface area is 125 Å². The summed E-state index contributed by atoms with van der Waals surface area (Å²) in [6.45, 7) is 8.25. The molecule has 0 radical (unpaired) electrons. The zero-order valence-corrected chi connectivity index (χ0v) is 13.6. The minimum absolute atomic E-state index is 0.763. The highest BCUT2D eigenvalue weighted by Gasteiger charge is 2.28. The largest absolute Gasteiger partial charge is 0.384 e. The first-order valence-corrected chi connectivity index (χ1v) is 8.78. The minimum atomic E-state index is 0.763. The second-order valence-corrected chi connectivity index (χ2v) is 6.83. The lowest BCUT2D eigenvalue weighted by molar-refractivity contribution is 0.148. The van der Waals surface area contributed by atoms with Gasteiger partial charge in [0.1, 0.15) is 0 Å². The van der Waals surface area contributed by atoms with Crippen LogP contribution in [0.5, 0.6) is 0 Å². The number of nitrogens with one attached hydrogen (secondary N) is 1. The summed E-state index contributed by atoms with van der Waals surface area (Å²) in [6.07, 6.45) is 9.69. The summed E-state index contributed by atoms with van der Waals surface area (Å²) in [6, 6.07) is 0.763. The van der Waals surface area contributed by atoms with Crippen LogP contribution in [0.25, 0.3) is 0 Å². The van der Waals surface area contributed by atoms with Gasteiger partial charge < -0.3 is 15.0 Å². The molecule has 3 nitrogen and oxygen atoms in total. The molecule has 1 saturated heterocycles. The lowest BCUT2D eigenvalue weighted by atomic mass is 9.94. The first-order valence-electron chi connectivity index (χ1n) is 8.78. The van der Waals surface area contributed by atoms with Crippen molar-refractivity contribution in [1.29, 1.82) is 0 Å². The van der Waals surface area contributed by atoms with Crippen molar-refractivity contribution < 1.29 is 4.74 Å². The summed E-state index contributed by atoms with van der Waals surface area (Å²) in [4.78, 5) is 2.69. The number of rotatable bonds is 7. The van der Waals surface area contributed by atoms with Crippen LogP contribution in [0.1, 0.15) is 51.9 Å². The molecule has 1 aliphatic heterocycles. The van der Waals surface area contributed by atoms with Crippen LogP contribution in [-0.4, -0.2) is 50.8 Å². The molecule has 118 valence electrons. The molecule has 0 aromatic rings. The SMILES string of the molecule is CCCNC1CCCCCC1CN1CCC(COC)C1. The molecule has 2 aliphatic rings. The van der Waals surface area contributed by atoms with Gasteiger partial charge in [0, 0.05) is 26.2 Å². The van der Waals surface area contributed by atoms with Gasteiger partial charge in [-0.3, -0.25) is 0 Å². The van der Waals surface area contributed by atoms with Crippen LogP contribution < -0.4 is 5.32 Å². The van der Waals surface area contributed by atoms with E-state index in [-0.39, 0.29) is 0 Å². The van der Waals surface area contributed by atoms with E-state index < -0.39 is 0 Å². The molecule has 0 aromatic carbocycles. The molecule has 3 unspecified atom stereocenters. The van der Waals surface area contributed by atoms with Gasteiger partial charge >= 0.3 is 0 Å². The van der Waals surface area contributed by atoms with Crippen LogP contribution in [-0.2, 0) is 4.74 Å². The second-order valence-electron chi connectivity index (χ2n) is 6.83. The quantitative estimate of drug-likeness (QED) is 0.727. The highest BCUT2D eigenvalue weighted by Crippen LogP contribution is 2.26. The number of hydrogen-bond donors (Lipinski definition) is 1. The van der Waals surface area contributed by atoms with Crippen molar-refractivity contribution in [2.24, 2.45) is 11.8 Å². The minimum Gasteiger partial charge on any atom is -0.384 e. The fourth-order valence-electron chi connectivity index (χ4n) is 3.98. The average Bonchev–Trinajstić information content (AvgIpc) is 2.77. The van der Waals surface area contributed by atoms with Crippen LogP contribution in [0.15, 0.2) is 0 Å². The zero-order chi connectivity index (χ0) is 14.2. The first-order chi connectivity index (χ1) is 9.83. The van der Waals surface area contributed by atoms with E-state index in [9.17, 15) is 0 Å². The van der Waals surface area contributed by atoms with E-state index in [0.29, 0.717) is 0 Å². The number of methoxy groups -OCH3 is 1. The lowest BCUT2D eigenvalue weighted by Crippen LogP contribution is -2.41. The van der Waals surface area contributed by atoms with Gasteiger partial charge in [-0.05, 0) is 50.6 Å². The topological polar surface area (TPSA) is 24.5 Å². The fourth-order valence-corrected chi connectivity index (χ4v) is 3.98. The monoisotopic (exact) mass is 282 g/mol. The van der Waals surface area contributed by atoms with E-state index in [0.717, 1.165) is 24.5 Å². The van der Waals surface area contributed by atoms with Gasteiger partial charge in [-0.1, -0.05) is 26.2 Å². The Balaban J connectivity index is 1.81. The van der Waals surface area contributed by atoms with E-state index >= 15 is 0 Å². The van der Waals surface area contributed by atoms with Crippen molar-refractivity contribution in [1.82, 2.24) is 10.2 Å². The molecule has 3 atom stereocenters. The van der Waals surface area contributed by atoms with Crippen LogP contribution in [0.2, 0.25) is 0 Å². The van der Waals surface area contributed by atoms with Gasteiger partial charge in [0.05, 0.1) is 6.61 Å². The number of likely N-dealkylation sites (tertiary alicyclic amines) is 1. The zero-order valence-electron chi connectivity index (χ0n) is 13.6. The summed E-state index contributed by atoms with van der Waals surface area (Å²) in [5.41, 5.74) is 0. The summed E-state index contributed by atoms with van der Waals surface area (Å²) in [5, 5.41) is 3.82. The van der Waals surface area contributed by atoms with Crippen molar-refractivity contribution in [3.63, 3.8) is 0 Å². The van der Waals surface area contributed by atoms with Gasteiger partial charge in [-0.25, -0.2) is 0 Å². The third-order valence-corrected chi connectivity index (χ3v) is 5.08. The summed E-state index contributed by atoms with van der Waals surface area (Å²) < 4.78 is 5.32. The van der Waals surface area contributed by atoms with Crippen LogP contribution in [0.4, 0.5) is 0 Å². The molecule has 3 heteroatoms. The Kier molecular flexibility index (Phi) is 7.32. The highest BCUT2D eigenvalue weighted by molar-refractivity contribution is 4.84. The van der Waals surface area contributed by atoms with E-state index in [1.165, 1.54) is 71.1 Å². The molecular formula is C17H34N2O. The van der Waals surface area contributed by atoms with Gasteiger partial charge in [-0.15, -0.1) is 0 Å². The van der Waals surface area contributed by atoms with Gasteiger partial charge in [0.2, 0.25) is 0 Å². The van der Waals surface area contributed by atoms with Crippen molar-refractivity contribution in [2.45, 2.75) is 57.9 Å². The Bertz CT molecular complexity index is 259. The number of hydrogen-bond acceptors (Lipinski definition) is 3. The fraction of sp³-hybridized carbons (Fsp3) is 1.00. The summed E-state index contributed by atoms with van der Waals surface area (Å²) >= 11 is 0. The van der Waals surface area contributed by atoms with Crippen molar-refractivity contribution in [3.8, 4) is 0 Å². The maximum Gasteiger partial charge on any atom is 0.0503 e. The number of nitrogens with zero attached hydrogens (tertiary/aromatic N) is 1. The van der Waals surface area contributed by atoms with Crippen LogP contribution in [0, 0.1) is 11.8 Å². The Morgan fingerprint density at radius 3 is 2.80 bits per heavy atom. The third-order valence-electron chi connectivity index (χ3n) is 5.08. The van der Waals surface area contributed by atoms with E-state index in [4.69, 9.17) is 4.74 Å². The van der Waals surface area contributed by atoms with E-state index in [1.807, 2.05) is 7.11 Å². The molecule has 0 bridgehead atoms. The van der Waals surface area contributed by atoms with Crippen molar-refractivity contribution >= 4 is 0 Å². The molecule has 1 N–H and O–H groups in total. The lowest BCUT2D eigenvalue weighted by Gasteiger charge is -2.30. The van der Waals surface area contributed by atoms with E-state index in [1.54, 1.807) is 0 Å². The standard InChI is InChI=1S/C17H34N2O/c1-3-10-18-17-8-6-4-5-7-16(17)13-19-11-9-15(12-19)14-20-2/h15-18H,3-14H2,1-2H3. The van der Waals surface area contributed by atoms with Crippen LogP contribution >= 0.6 is 0 Å². The van der Waals surface area contributed by atoms with Crippen LogP contribution in [0.3, 0.4) is 0 Å². The molecule has 0 aromatic heterocycles. The normalized spacial score (nSPS) is 32.4. The predicted molar refractivity (Wildman–Crippen MR) is 85.1 cm³/mol. The van der Waals surface area contributed by atoms with Crippen molar-refractivity contribution in [3.05, 3.63) is 0 Å². The first kappa shape index (κ1) is 16.3. The average molecular weight is 282 g/mol. The molecule has 0 spiro atoms. The molecule has 20 heavy (non-hydrogen) atoms. The Morgan fingerprint density at radius 1 is 1.15 bits per heavy atom. The smallest absolute Gasteiger partial charge is 0.0503 e.